The third-order valence-electron chi connectivity index (χ3n) is 5.75. The van der Waals surface area contributed by atoms with Gasteiger partial charge in [0.2, 0.25) is 15.9 Å². The highest BCUT2D eigenvalue weighted by Gasteiger charge is 2.22. The predicted octanol–water partition coefficient (Wildman–Crippen LogP) is 4.01. The van der Waals surface area contributed by atoms with Crippen molar-refractivity contribution in [1.29, 1.82) is 0 Å². The quantitative estimate of drug-likeness (QED) is 0.529. The van der Waals surface area contributed by atoms with Crippen LogP contribution in [0, 0.1) is 0 Å². The maximum Gasteiger partial charge on any atom is 0.251 e. The molecular formula is C26H37N3O4S. The first-order valence-electron chi connectivity index (χ1n) is 11.7. The summed E-state index contributed by atoms with van der Waals surface area (Å²) in [6.45, 7) is 12.8. The van der Waals surface area contributed by atoms with E-state index in [0.717, 1.165) is 11.1 Å². The van der Waals surface area contributed by atoms with Crippen LogP contribution in [-0.4, -0.2) is 44.2 Å². The highest BCUT2D eigenvalue weighted by molar-refractivity contribution is 7.89. The zero-order valence-corrected chi connectivity index (χ0v) is 21.8. The lowest BCUT2D eigenvalue weighted by atomic mass is 9.87. The molecule has 34 heavy (non-hydrogen) atoms. The average Bonchev–Trinajstić information content (AvgIpc) is 2.79. The van der Waals surface area contributed by atoms with Gasteiger partial charge in [0.05, 0.1) is 10.9 Å². The van der Waals surface area contributed by atoms with Gasteiger partial charge in [0.25, 0.3) is 5.91 Å². The Hall–Kier alpha value is -2.71. The standard InChI is InChI=1S/C26H37N3O4S/c1-7-29(8-2)34(32,33)23-15-11-20(12-16-23)19(3)28-24(30)17-18-27-25(31)21-9-13-22(14-10-21)26(4,5)6/h9-16,19H,7-8,17-18H2,1-6H3,(H,27,31)(H,28,30). The number of sulfonamides is 1. The average molecular weight is 488 g/mol. The summed E-state index contributed by atoms with van der Waals surface area (Å²) in [7, 11) is -3.51. The molecule has 0 radical (unpaired) electrons. The van der Waals surface area contributed by atoms with Gasteiger partial charge in [-0.3, -0.25) is 9.59 Å². The van der Waals surface area contributed by atoms with Gasteiger partial charge in [-0.25, -0.2) is 8.42 Å². The number of carbonyl (C=O) groups excluding carboxylic acids is 2. The largest absolute Gasteiger partial charge is 0.352 e. The Bertz CT molecular complexity index is 1070. The monoisotopic (exact) mass is 487 g/mol. The van der Waals surface area contributed by atoms with Gasteiger partial charge in [-0.15, -0.1) is 0 Å². The second-order valence-electron chi connectivity index (χ2n) is 9.28. The van der Waals surface area contributed by atoms with Crippen LogP contribution in [0.3, 0.4) is 0 Å². The minimum atomic E-state index is -3.51. The second kappa shape index (κ2) is 11.6. The van der Waals surface area contributed by atoms with E-state index in [-0.39, 0.29) is 41.1 Å². The minimum Gasteiger partial charge on any atom is -0.352 e. The smallest absolute Gasteiger partial charge is 0.251 e. The number of nitrogens with one attached hydrogen (secondary N) is 2. The summed E-state index contributed by atoms with van der Waals surface area (Å²) in [4.78, 5) is 24.9. The lowest BCUT2D eigenvalue weighted by Gasteiger charge is -2.19. The summed E-state index contributed by atoms with van der Waals surface area (Å²) < 4.78 is 26.6. The molecule has 0 aliphatic heterocycles. The van der Waals surface area contributed by atoms with Crippen molar-refractivity contribution in [2.75, 3.05) is 19.6 Å². The summed E-state index contributed by atoms with van der Waals surface area (Å²) in [6, 6.07) is 13.7. The molecule has 0 fully saturated rings. The van der Waals surface area contributed by atoms with Crippen LogP contribution in [0.25, 0.3) is 0 Å². The van der Waals surface area contributed by atoms with Crippen molar-refractivity contribution in [1.82, 2.24) is 14.9 Å². The normalized spacial score (nSPS) is 12.9. The molecule has 1 unspecified atom stereocenters. The molecule has 186 valence electrons. The van der Waals surface area contributed by atoms with E-state index in [9.17, 15) is 18.0 Å². The lowest BCUT2D eigenvalue weighted by molar-refractivity contribution is -0.121. The Morgan fingerprint density at radius 3 is 2.00 bits per heavy atom. The van der Waals surface area contributed by atoms with Crippen molar-refractivity contribution in [2.45, 2.75) is 64.3 Å². The second-order valence-corrected chi connectivity index (χ2v) is 11.2. The van der Waals surface area contributed by atoms with E-state index >= 15 is 0 Å². The van der Waals surface area contributed by atoms with E-state index in [1.807, 2.05) is 19.1 Å². The highest BCUT2D eigenvalue weighted by Crippen LogP contribution is 2.22. The van der Waals surface area contributed by atoms with Crippen molar-refractivity contribution in [2.24, 2.45) is 0 Å². The minimum absolute atomic E-state index is 0.0176. The zero-order chi connectivity index (χ0) is 25.5. The fourth-order valence-corrected chi connectivity index (χ4v) is 5.01. The number of benzene rings is 2. The van der Waals surface area contributed by atoms with Crippen LogP contribution >= 0.6 is 0 Å². The van der Waals surface area contributed by atoms with Gasteiger partial charge in [0, 0.05) is 31.6 Å². The van der Waals surface area contributed by atoms with E-state index in [1.54, 1.807) is 50.2 Å². The number of amides is 2. The Balaban J connectivity index is 1.86. The first-order chi connectivity index (χ1) is 15.9. The first-order valence-corrected chi connectivity index (χ1v) is 13.1. The molecule has 0 aliphatic rings. The van der Waals surface area contributed by atoms with Crippen molar-refractivity contribution in [3.05, 3.63) is 65.2 Å². The lowest BCUT2D eigenvalue weighted by Crippen LogP contribution is -2.32. The Kier molecular flexibility index (Phi) is 9.41. The third kappa shape index (κ3) is 7.14. The number of nitrogens with zero attached hydrogens (tertiary/aromatic N) is 1. The molecule has 0 spiro atoms. The van der Waals surface area contributed by atoms with E-state index in [4.69, 9.17) is 0 Å². The molecule has 0 bridgehead atoms. The molecule has 0 aliphatic carbocycles. The van der Waals surface area contributed by atoms with Gasteiger partial charge in [0.1, 0.15) is 0 Å². The predicted molar refractivity (Wildman–Crippen MR) is 135 cm³/mol. The molecule has 8 heteroatoms. The fraction of sp³-hybridized carbons (Fsp3) is 0.462. The van der Waals surface area contributed by atoms with E-state index in [1.165, 1.54) is 4.31 Å². The van der Waals surface area contributed by atoms with Gasteiger partial charge in [-0.2, -0.15) is 4.31 Å². The summed E-state index contributed by atoms with van der Waals surface area (Å²) >= 11 is 0. The summed E-state index contributed by atoms with van der Waals surface area (Å²) in [6.07, 6.45) is 0.143. The molecular weight excluding hydrogens is 450 g/mol. The van der Waals surface area contributed by atoms with Crippen LogP contribution in [-0.2, 0) is 20.2 Å². The summed E-state index contributed by atoms with van der Waals surface area (Å²) in [5.41, 5.74) is 2.52. The molecule has 0 aromatic heterocycles. The van der Waals surface area contributed by atoms with Crippen LogP contribution in [0.5, 0.6) is 0 Å². The Labute approximate surface area is 204 Å². The molecule has 0 saturated carbocycles. The molecule has 0 saturated heterocycles. The van der Waals surface area contributed by atoms with E-state index in [0.29, 0.717) is 18.7 Å². The molecule has 2 aromatic rings. The maximum absolute atomic E-state index is 12.6. The SMILES string of the molecule is CCN(CC)S(=O)(=O)c1ccc(C(C)NC(=O)CCNC(=O)c2ccc(C(C)(C)C)cc2)cc1. The molecule has 0 heterocycles. The molecule has 2 rings (SSSR count). The number of hydrogen-bond donors (Lipinski definition) is 2. The number of rotatable bonds is 10. The number of hydrogen-bond acceptors (Lipinski definition) is 4. The maximum atomic E-state index is 12.6. The molecule has 1 atom stereocenters. The molecule has 2 amide bonds. The van der Waals surface area contributed by atoms with Crippen LogP contribution in [0.1, 0.15) is 75.5 Å². The van der Waals surface area contributed by atoms with Gasteiger partial charge in [-0.1, -0.05) is 58.9 Å². The highest BCUT2D eigenvalue weighted by atomic mass is 32.2. The van der Waals surface area contributed by atoms with Crippen LogP contribution in [0.2, 0.25) is 0 Å². The van der Waals surface area contributed by atoms with Gasteiger partial charge >= 0.3 is 0 Å². The van der Waals surface area contributed by atoms with Crippen LogP contribution in [0.4, 0.5) is 0 Å². The van der Waals surface area contributed by atoms with E-state index < -0.39 is 10.0 Å². The van der Waals surface area contributed by atoms with Crippen molar-refractivity contribution < 1.29 is 18.0 Å². The van der Waals surface area contributed by atoms with Gasteiger partial charge < -0.3 is 10.6 Å². The van der Waals surface area contributed by atoms with Gasteiger partial charge in [0.15, 0.2) is 0 Å². The third-order valence-corrected chi connectivity index (χ3v) is 7.82. The molecule has 2 aromatic carbocycles. The Morgan fingerprint density at radius 1 is 0.941 bits per heavy atom. The van der Waals surface area contributed by atoms with E-state index in [2.05, 4.69) is 31.4 Å². The van der Waals surface area contributed by atoms with Gasteiger partial charge in [-0.05, 0) is 47.7 Å². The first kappa shape index (κ1) is 27.5. The van der Waals surface area contributed by atoms with Crippen molar-refractivity contribution in [3.8, 4) is 0 Å². The fourth-order valence-electron chi connectivity index (χ4n) is 3.55. The number of carbonyl (C=O) groups is 2. The summed E-state index contributed by atoms with van der Waals surface area (Å²) in [5, 5.41) is 5.66. The van der Waals surface area contributed by atoms with Crippen LogP contribution in [0.15, 0.2) is 53.4 Å². The van der Waals surface area contributed by atoms with Crippen LogP contribution < -0.4 is 10.6 Å². The Morgan fingerprint density at radius 2 is 1.50 bits per heavy atom. The van der Waals surface area contributed by atoms with Crippen molar-refractivity contribution >= 4 is 21.8 Å². The molecule has 2 N–H and O–H groups in total. The zero-order valence-electron chi connectivity index (χ0n) is 21.0. The molecule has 7 nitrogen and oxygen atoms in total. The van der Waals surface area contributed by atoms with Crippen molar-refractivity contribution in [3.63, 3.8) is 0 Å². The summed E-state index contributed by atoms with van der Waals surface area (Å²) in [5.74, 6) is -0.415. The topological polar surface area (TPSA) is 95.6 Å².